The molecular weight excluding hydrogens is 369 g/mol. The van der Waals surface area contributed by atoms with Crippen molar-refractivity contribution in [1.82, 2.24) is 15.5 Å². The molecule has 0 spiro atoms. The van der Waals surface area contributed by atoms with Crippen LogP contribution >= 0.6 is 24.8 Å². The van der Waals surface area contributed by atoms with Crippen LogP contribution in [-0.4, -0.2) is 42.5 Å². The lowest BCUT2D eigenvalue weighted by Crippen LogP contribution is -2.45. The number of carbonyl (C=O) groups is 1. The van der Waals surface area contributed by atoms with Gasteiger partial charge in [0.25, 0.3) is 0 Å². The van der Waals surface area contributed by atoms with Gasteiger partial charge in [-0.1, -0.05) is 37.1 Å². The number of halogens is 2. The van der Waals surface area contributed by atoms with Crippen molar-refractivity contribution in [2.75, 3.05) is 19.6 Å². The molecule has 1 aromatic rings. The first-order chi connectivity index (χ1) is 11.8. The molecule has 0 radical (unpaired) electrons. The molecule has 4 nitrogen and oxygen atoms in total. The number of fused-ring (bicyclic) bond motifs is 2. The van der Waals surface area contributed by atoms with Gasteiger partial charge >= 0.3 is 0 Å². The molecule has 3 unspecified atom stereocenters. The van der Waals surface area contributed by atoms with Crippen LogP contribution in [-0.2, 0) is 17.8 Å². The van der Waals surface area contributed by atoms with E-state index in [1.165, 1.54) is 36.8 Å². The molecule has 0 aromatic heterocycles. The van der Waals surface area contributed by atoms with Crippen molar-refractivity contribution in [2.24, 2.45) is 5.92 Å². The van der Waals surface area contributed by atoms with Crippen molar-refractivity contribution in [3.8, 4) is 0 Å². The van der Waals surface area contributed by atoms with Crippen molar-refractivity contribution in [1.29, 1.82) is 0 Å². The zero-order valence-electron chi connectivity index (χ0n) is 15.3. The molecule has 26 heavy (non-hydrogen) atoms. The molecule has 1 amide bonds. The molecule has 1 aromatic carbocycles. The summed E-state index contributed by atoms with van der Waals surface area (Å²) in [5.41, 5.74) is 2.92. The van der Waals surface area contributed by atoms with Gasteiger partial charge < -0.3 is 10.6 Å². The van der Waals surface area contributed by atoms with E-state index < -0.39 is 0 Å². The Bertz CT molecular complexity index is 584. The highest BCUT2D eigenvalue weighted by Crippen LogP contribution is 2.33. The molecular formula is C20H31Cl2N3O. The summed E-state index contributed by atoms with van der Waals surface area (Å²) < 4.78 is 0. The number of carbonyl (C=O) groups excluding carboxylic acids is 1. The maximum Gasteiger partial charge on any atom is 0.237 e. The van der Waals surface area contributed by atoms with Crippen LogP contribution in [0.4, 0.5) is 0 Å². The Labute approximate surface area is 169 Å². The van der Waals surface area contributed by atoms with Gasteiger partial charge in [0.15, 0.2) is 0 Å². The fraction of sp³-hybridized carbons (Fsp3) is 0.650. The molecule has 3 atom stereocenters. The lowest BCUT2D eigenvalue weighted by Gasteiger charge is -2.28. The summed E-state index contributed by atoms with van der Waals surface area (Å²) in [7, 11) is 0. The van der Waals surface area contributed by atoms with Crippen LogP contribution in [0.1, 0.15) is 43.2 Å². The molecule has 6 heteroatoms. The van der Waals surface area contributed by atoms with E-state index in [0.29, 0.717) is 6.04 Å². The van der Waals surface area contributed by atoms with Crippen LogP contribution in [0.5, 0.6) is 0 Å². The monoisotopic (exact) mass is 399 g/mol. The summed E-state index contributed by atoms with van der Waals surface area (Å²) in [5, 5.41) is 6.73. The van der Waals surface area contributed by atoms with Crippen LogP contribution < -0.4 is 10.6 Å². The first-order valence-corrected chi connectivity index (χ1v) is 9.62. The number of rotatable bonds is 4. The van der Waals surface area contributed by atoms with E-state index in [1.54, 1.807) is 0 Å². The lowest BCUT2D eigenvalue weighted by molar-refractivity contribution is -0.122. The Morgan fingerprint density at radius 1 is 1.15 bits per heavy atom. The number of hydrogen-bond acceptors (Lipinski definition) is 3. The molecule has 146 valence electrons. The van der Waals surface area contributed by atoms with Crippen molar-refractivity contribution < 1.29 is 4.79 Å². The van der Waals surface area contributed by atoms with E-state index in [4.69, 9.17) is 0 Å². The number of nitrogens with zero attached hydrogens (tertiary/aromatic N) is 1. The predicted molar refractivity (Wildman–Crippen MR) is 110 cm³/mol. The lowest BCUT2D eigenvalue weighted by atomic mass is 9.85. The van der Waals surface area contributed by atoms with Crippen LogP contribution in [0.2, 0.25) is 0 Å². The minimum absolute atomic E-state index is 0. The topological polar surface area (TPSA) is 44.4 Å². The quantitative estimate of drug-likeness (QED) is 0.817. The third-order valence-electron chi connectivity index (χ3n) is 6.12. The van der Waals surface area contributed by atoms with Gasteiger partial charge in [-0.3, -0.25) is 9.69 Å². The first-order valence-electron chi connectivity index (χ1n) is 9.62. The van der Waals surface area contributed by atoms with E-state index >= 15 is 0 Å². The fourth-order valence-corrected chi connectivity index (χ4v) is 4.73. The van der Waals surface area contributed by atoms with Crippen molar-refractivity contribution in [2.45, 2.75) is 57.2 Å². The Hall–Kier alpha value is -0.810. The molecule has 1 aliphatic carbocycles. The molecule has 2 N–H and O–H groups in total. The Balaban J connectivity index is 0.00000121. The maximum atomic E-state index is 12.4. The second-order valence-electron chi connectivity index (χ2n) is 7.69. The van der Waals surface area contributed by atoms with Crippen LogP contribution in [0.15, 0.2) is 24.3 Å². The molecule has 2 aliphatic heterocycles. The average Bonchev–Trinajstić information content (AvgIpc) is 3.06. The molecule has 0 bridgehead atoms. The summed E-state index contributed by atoms with van der Waals surface area (Å²) in [6.45, 7) is 3.81. The van der Waals surface area contributed by atoms with Crippen molar-refractivity contribution in [3.05, 3.63) is 35.4 Å². The number of benzene rings is 1. The second kappa shape index (κ2) is 9.93. The smallest absolute Gasteiger partial charge is 0.237 e. The van der Waals surface area contributed by atoms with Crippen LogP contribution in [0.25, 0.3) is 0 Å². The summed E-state index contributed by atoms with van der Waals surface area (Å²) in [5.74, 6) is 0.940. The minimum Gasteiger partial charge on any atom is -0.353 e. The highest BCUT2D eigenvalue weighted by Gasteiger charge is 2.37. The summed E-state index contributed by atoms with van der Waals surface area (Å²) in [6, 6.07) is 9.34. The van der Waals surface area contributed by atoms with Crippen molar-refractivity contribution in [3.63, 3.8) is 0 Å². The fourth-order valence-electron chi connectivity index (χ4n) is 4.73. The Kier molecular flexibility index (Phi) is 8.21. The zero-order chi connectivity index (χ0) is 16.4. The molecule has 2 heterocycles. The highest BCUT2D eigenvalue weighted by molar-refractivity contribution is 5.85. The van der Waals surface area contributed by atoms with E-state index in [2.05, 4.69) is 39.8 Å². The summed E-state index contributed by atoms with van der Waals surface area (Å²) in [6.07, 6.45) is 7.37. The number of hydrogen-bond donors (Lipinski definition) is 2. The largest absolute Gasteiger partial charge is 0.353 e. The Morgan fingerprint density at radius 2 is 1.92 bits per heavy atom. The van der Waals surface area contributed by atoms with Gasteiger partial charge in [-0.25, -0.2) is 0 Å². The molecule has 1 saturated heterocycles. The van der Waals surface area contributed by atoms with Gasteiger partial charge in [0.2, 0.25) is 5.91 Å². The van der Waals surface area contributed by atoms with Gasteiger partial charge in [0.1, 0.15) is 0 Å². The molecule has 3 aliphatic rings. The highest BCUT2D eigenvalue weighted by atomic mass is 35.5. The predicted octanol–water partition coefficient (Wildman–Crippen LogP) is 2.93. The molecule has 4 rings (SSSR count). The number of nitrogens with one attached hydrogen (secondary N) is 2. The molecule has 2 fully saturated rings. The van der Waals surface area contributed by atoms with Gasteiger partial charge in [-0.05, 0) is 42.7 Å². The van der Waals surface area contributed by atoms with Gasteiger partial charge in [0.05, 0.1) is 6.04 Å². The van der Waals surface area contributed by atoms with Gasteiger partial charge in [-0.2, -0.15) is 0 Å². The number of amides is 1. The van der Waals surface area contributed by atoms with E-state index in [1.807, 2.05) is 0 Å². The van der Waals surface area contributed by atoms with E-state index in [-0.39, 0.29) is 36.8 Å². The van der Waals surface area contributed by atoms with Crippen molar-refractivity contribution >= 4 is 30.7 Å². The third-order valence-corrected chi connectivity index (χ3v) is 6.12. The average molecular weight is 400 g/mol. The van der Waals surface area contributed by atoms with E-state index in [0.717, 1.165) is 44.9 Å². The van der Waals surface area contributed by atoms with Crippen LogP contribution in [0, 0.1) is 5.92 Å². The maximum absolute atomic E-state index is 12.4. The normalized spacial score (nSPS) is 27.5. The third kappa shape index (κ3) is 4.92. The Morgan fingerprint density at radius 3 is 2.73 bits per heavy atom. The zero-order valence-corrected chi connectivity index (χ0v) is 16.9. The van der Waals surface area contributed by atoms with E-state index in [9.17, 15) is 4.79 Å². The second-order valence-corrected chi connectivity index (χ2v) is 7.69. The SMILES string of the molecule is Cl.Cl.O=C(NCCN1CCc2ccccc2C1)C1CC2CCCCC2N1. The van der Waals surface area contributed by atoms with Gasteiger partial charge in [-0.15, -0.1) is 24.8 Å². The minimum atomic E-state index is 0. The van der Waals surface area contributed by atoms with Crippen LogP contribution in [0.3, 0.4) is 0 Å². The summed E-state index contributed by atoms with van der Waals surface area (Å²) >= 11 is 0. The molecule has 1 saturated carbocycles. The summed E-state index contributed by atoms with van der Waals surface area (Å²) in [4.78, 5) is 14.9. The first kappa shape index (κ1) is 21.5. The standard InChI is InChI=1S/C20H29N3O.2ClH/c24-20(19-13-16-6-3-4-8-18(16)22-19)21-10-12-23-11-9-15-5-1-2-7-17(15)14-23;;/h1-2,5,7,16,18-19,22H,3-4,6,8-14H2,(H,21,24);2*1H. The van der Waals surface area contributed by atoms with Gasteiger partial charge in [0, 0.05) is 32.2 Å².